The molecule has 1 atom stereocenters. The number of rotatable bonds is 7. The van der Waals surface area contributed by atoms with E-state index in [1.54, 1.807) is 24.3 Å². The lowest BCUT2D eigenvalue weighted by molar-refractivity contribution is -0.140. The number of Topliss-reactive ketones (excluding diaryl/α,β-unsaturated/α-hetero) is 1. The highest BCUT2D eigenvalue weighted by atomic mass is 16.5. The van der Waals surface area contributed by atoms with Gasteiger partial charge in [-0.2, -0.15) is 0 Å². The number of amides is 1. The highest BCUT2D eigenvalue weighted by molar-refractivity contribution is 6.46. The Bertz CT molecular complexity index is 1510. The zero-order chi connectivity index (χ0) is 26.3. The van der Waals surface area contributed by atoms with Crippen LogP contribution in [-0.4, -0.2) is 33.3 Å². The third-order valence-electron chi connectivity index (χ3n) is 6.87. The highest BCUT2D eigenvalue weighted by Gasteiger charge is 2.47. The third kappa shape index (κ3) is 4.20. The molecule has 1 aliphatic heterocycles. The second kappa shape index (κ2) is 9.65. The van der Waals surface area contributed by atoms with Gasteiger partial charge in [0.1, 0.15) is 17.3 Å². The molecule has 1 saturated heterocycles. The molecule has 3 heterocycles. The molecule has 37 heavy (non-hydrogen) atoms. The molecule has 5 rings (SSSR count). The number of fused-ring (bicyclic) bond motifs is 1. The van der Waals surface area contributed by atoms with E-state index in [2.05, 4.69) is 4.98 Å². The lowest BCUT2D eigenvalue weighted by atomic mass is 9.92. The summed E-state index contributed by atoms with van der Waals surface area (Å²) in [6.07, 6.45) is 1.53. The summed E-state index contributed by atoms with van der Waals surface area (Å²) in [6.45, 7) is 8.53. The molecule has 0 aliphatic carbocycles. The monoisotopic (exact) mass is 498 g/mol. The first kappa shape index (κ1) is 24.4. The first-order chi connectivity index (χ1) is 17.8. The molecular formula is C30H30N2O5. The summed E-state index contributed by atoms with van der Waals surface area (Å²) in [7, 11) is 0. The minimum Gasteiger partial charge on any atom is -0.507 e. The van der Waals surface area contributed by atoms with Crippen LogP contribution < -0.4 is 4.74 Å². The van der Waals surface area contributed by atoms with Gasteiger partial charge in [0.25, 0.3) is 11.7 Å². The predicted molar refractivity (Wildman–Crippen MR) is 141 cm³/mol. The minimum atomic E-state index is -0.796. The molecule has 4 aromatic rings. The summed E-state index contributed by atoms with van der Waals surface area (Å²) in [5.74, 6) is -0.201. The van der Waals surface area contributed by atoms with Crippen LogP contribution in [-0.2, 0) is 16.1 Å². The second-order valence-electron chi connectivity index (χ2n) is 9.56. The van der Waals surface area contributed by atoms with Gasteiger partial charge in [-0.1, -0.05) is 32.0 Å². The van der Waals surface area contributed by atoms with Crippen molar-refractivity contribution < 1.29 is 23.8 Å². The molecule has 2 N–H and O–H groups in total. The number of aryl methyl sites for hydroxylation is 1. The fourth-order valence-electron chi connectivity index (χ4n) is 5.15. The number of hydrogen-bond acceptors (Lipinski definition) is 5. The van der Waals surface area contributed by atoms with E-state index in [1.165, 1.54) is 11.2 Å². The number of hydrogen-bond donors (Lipinski definition) is 2. The molecule has 1 amide bonds. The number of benzene rings is 2. The molecule has 0 bridgehead atoms. The number of nitrogens with one attached hydrogen (secondary N) is 1. The number of H-pyrrole nitrogens is 1. The smallest absolute Gasteiger partial charge is 0.296 e. The number of aromatic nitrogens is 1. The predicted octanol–water partition coefficient (Wildman–Crippen LogP) is 6.21. The Hall–Kier alpha value is -4.26. The van der Waals surface area contributed by atoms with Crippen LogP contribution in [0, 0.1) is 6.92 Å². The summed E-state index contributed by atoms with van der Waals surface area (Å²) >= 11 is 0. The number of furan rings is 1. The highest BCUT2D eigenvalue weighted by Crippen LogP contribution is 2.44. The third-order valence-corrected chi connectivity index (χ3v) is 6.87. The minimum absolute atomic E-state index is 0.0586. The Kier molecular flexibility index (Phi) is 6.38. The van der Waals surface area contributed by atoms with E-state index in [-0.39, 0.29) is 23.8 Å². The van der Waals surface area contributed by atoms with Crippen LogP contribution in [0.3, 0.4) is 0 Å². The van der Waals surface area contributed by atoms with Gasteiger partial charge < -0.3 is 24.1 Å². The van der Waals surface area contributed by atoms with Crippen molar-refractivity contribution in [3.63, 3.8) is 0 Å². The molecule has 1 fully saturated rings. The standard InChI is InChI=1S/C30H30N2O5/c1-5-36-24-13-12-19(15-22(24)17(2)3)28(33)26-27(25-18(4)31-23-11-7-6-10-21(23)25)32(30(35)29(26)34)16-20-9-8-14-37-20/h6-15,17,27,31,33H,5,16H2,1-4H3/b28-26+. The molecule has 7 heteroatoms. The Morgan fingerprint density at radius 2 is 1.92 bits per heavy atom. The first-order valence-electron chi connectivity index (χ1n) is 12.5. The van der Waals surface area contributed by atoms with Gasteiger partial charge in [-0.15, -0.1) is 0 Å². The van der Waals surface area contributed by atoms with Gasteiger partial charge in [0.05, 0.1) is 31.0 Å². The summed E-state index contributed by atoms with van der Waals surface area (Å²) in [5.41, 5.74) is 3.92. The van der Waals surface area contributed by atoms with Crippen LogP contribution in [0.5, 0.6) is 5.75 Å². The largest absolute Gasteiger partial charge is 0.507 e. The van der Waals surface area contributed by atoms with Crippen molar-refractivity contribution in [2.45, 2.75) is 46.2 Å². The number of carbonyl (C=O) groups is 2. The van der Waals surface area contributed by atoms with E-state index in [9.17, 15) is 14.7 Å². The van der Waals surface area contributed by atoms with Crippen molar-refractivity contribution in [1.82, 2.24) is 9.88 Å². The van der Waals surface area contributed by atoms with Gasteiger partial charge in [-0.05, 0) is 61.7 Å². The van der Waals surface area contributed by atoms with Crippen LogP contribution in [0.2, 0.25) is 0 Å². The first-order valence-corrected chi connectivity index (χ1v) is 12.5. The van der Waals surface area contributed by atoms with E-state index in [0.717, 1.165) is 33.5 Å². The number of para-hydroxylation sites is 1. The molecule has 2 aromatic carbocycles. The summed E-state index contributed by atoms with van der Waals surface area (Å²) < 4.78 is 11.3. The average molecular weight is 499 g/mol. The molecular weight excluding hydrogens is 468 g/mol. The van der Waals surface area contributed by atoms with Crippen molar-refractivity contribution in [3.8, 4) is 5.75 Å². The van der Waals surface area contributed by atoms with Gasteiger partial charge in [0.15, 0.2) is 0 Å². The number of aromatic amines is 1. The topological polar surface area (TPSA) is 95.8 Å². The van der Waals surface area contributed by atoms with E-state index in [0.29, 0.717) is 17.9 Å². The van der Waals surface area contributed by atoms with Gasteiger partial charge in [-0.3, -0.25) is 9.59 Å². The Balaban J connectivity index is 1.73. The van der Waals surface area contributed by atoms with E-state index in [1.807, 2.05) is 58.0 Å². The van der Waals surface area contributed by atoms with Crippen molar-refractivity contribution in [3.05, 3.63) is 94.6 Å². The van der Waals surface area contributed by atoms with Crippen LogP contribution in [0.4, 0.5) is 0 Å². The molecule has 0 spiro atoms. The summed E-state index contributed by atoms with van der Waals surface area (Å²) in [5, 5.41) is 12.5. The molecule has 1 aliphatic rings. The van der Waals surface area contributed by atoms with Crippen LogP contribution in [0.15, 0.2) is 70.9 Å². The van der Waals surface area contributed by atoms with E-state index in [4.69, 9.17) is 9.15 Å². The van der Waals surface area contributed by atoms with Crippen molar-refractivity contribution in [2.75, 3.05) is 6.61 Å². The fraction of sp³-hybridized carbons (Fsp3) is 0.267. The molecule has 2 aromatic heterocycles. The number of aliphatic hydroxyl groups excluding tert-OH is 1. The van der Waals surface area contributed by atoms with Gasteiger partial charge in [0, 0.05) is 27.7 Å². The Morgan fingerprint density at radius 1 is 1.14 bits per heavy atom. The van der Waals surface area contributed by atoms with Crippen LogP contribution in [0.25, 0.3) is 16.7 Å². The normalized spacial score (nSPS) is 17.3. The van der Waals surface area contributed by atoms with Crippen LogP contribution >= 0.6 is 0 Å². The summed E-state index contributed by atoms with van der Waals surface area (Å²) in [4.78, 5) is 31.8. The van der Waals surface area contributed by atoms with E-state index >= 15 is 0 Å². The maximum atomic E-state index is 13.5. The molecule has 0 saturated carbocycles. The van der Waals surface area contributed by atoms with Gasteiger partial charge in [0.2, 0.25) is 0 Å². The fourth-order valence-corrected chi connectivity index (χ4v) is 5.15. The van der Waals surface area contributed by atoms with Gasteiger partial charge in [-0.25, -0.2) is 0 Å². The van der Waals surface area contributed by atoms with Crippen molar-refractivity contribution in [2.24, 2.45) is 0 Å². The lowest BCUT2D eigenvalue weighted by Crippen LogP contribution is -2.29. The number of nitrogens with zero attached hydrogens (tertiary/aromatic N) is 1. The van der Waals surface area contributed by atoms with Crippen molar-refractivity contribution in [1.29, 1.82) is 0 Å². The molecule has 1 unspecified atom stereocenters. The molecule has 190 valence electrons. The number of ketones is 1. The molecule has 0 radical (unpaired) electrons. The summed E-state index contributed by atoms with van der Waals surface area (Å²) in [6, 6.07) is 15.8. The number of carbonyl (C=O) groups excluding carboxylic acids is 2. The lowest BCUT2D eigenvalue weighted by Gasteiger charge is -2.25. The Morgan fingerprint density at radius 3 is 2.62 bits per heavy atom. The molecule has 7 nitrogen and oxygen atoms in total. The van der Waals surface area contributed by atoms with Crippen LogP contribution in [0.1, 0.15) is 60.9 Å². The SMILES string of the molecule is CCOc1ccc(/C(O)=C2\C(=O)C(=O)N(Cc3ccco3)C2c2c(C)[nH]c3ccccc23)cc1C(C)C. The van der Waals surface area contributed by atoms with Crippen molar-refractivity contribution >= 4 is 28.4 Å². The number of ether oxygens (including phenoxy) is 1. The zero-order valence-electron chi connectivity index (χ0n) is 21.4. The number of likely N-dealkylation sites (tertiary alicyclic amines) is 1. The maximum Gasteiger partial charge on any atom is 0.296 e. The zero-order valence-corrected chi connectivity index (χ0v) is 21.4. The maximum absolute atomic E-state index is 13.5. The second-order valence-corrected chi connectivity index (χ2v) is 9.56. The quantitative estimate of drug-likeness (QED) is 0.179. The average Bonchev–Trinajstić information content (AvgIpc) is 3.57. The Labute approximate surface area is 215 Å². The number of aliphatic hydroxyl groups is 1. The van der Waals surface area contributed by atoms with E-state index < -0.39 is 17.7 Å². The van der Waals surface area contributed by atoms with Gasteiger partial charge >= 0.3 is 0 Å².